The molecule has 1 aliphatic rings. The van der Waals surface area contributed by atoms with E-state index < -0.39 is 11.4 Å². The van der Waals surface area contributed by atoms with Crippen molar-refractivity contribution in [2.45, 2.75) is 39.5 Å². The molecule has 1 fully saturated rings. The topological polar surface area (TPSA) is 69.6 Å². The molecule has 5 nitrogen and oxygen atoms in total. The van der Waals surface area contributed by atoms with Crippen LogP contribution in [0.25, 0.3) is 0 Å². The van der Waals surface area contributed by atoms with Gasteiger partial charge in [-0.2, -0.15) is 0 Å². The smallest absolute Gasteiger partial charge is 0.317 e. The van der Waals surface area contributed by atoms with Gasteiger partial charge in [-0.05, 0) is 25.7 Å². The van der Waals surface area contributed by atoms with Gasteiger partial charge in [0.1, 0.15) is 0 Å². The molecule has 0 saturated heterocycles. The van der Waals surface area contributed by atoms with Crippen molar-refractivity contribution in [3.05, 3.63) is 0 Å². The molecule has 0 radical (unpaired) electrons. The maximum absolute atomic E-state index is 11.8. The standard InChI is InChI=1S/C12H22N2O3/c1-3-7-14(8-4-2)11(17)13-9-12(5-6-12)10(15)16/h3-9H2,1-2H3,(H,13,17)(H,15,16). The van der Waals surface area contributed by atoms with E-state index >= 15 is 0 Å². The third kappa shape index (κ3) is 3.61. The van der Waals surface area contributed by atoms with Gasteiger partial charge in [0.15, 0.2) is 0 Å². The molecular formula is C12H22N2O3. The summed E-state index contributed by atoms with van der Waals surface area (Å²) in [6.07, 6.45) is 3.17. The Morgan fingerprint density at radius 3 is 2.12 bits per heavy atom. The van der Waals surface area contributed by atoms with Crippen molar-refractivity contribution in [3.8, 4) is 0 Å². The zero-order valence-electron chi connectivity index (χ0n) is 10.7. The molecule has 0 aromatic heterocycles. The highest BCUT2D eigenvalue weighted by Crippen LogP contribution is 2.45. The Balaban J connectivity index is 2.39. The number of carbonyl (C=O) groups excluding carboxylic acids is 1. The molecule has 0 unspecified atom stereocenters. The highest BCUT2D eigenvalue weighted by atomic mass is 16.4. The lowest BCUT2D eigenvalue weighted by Gasteiger charge is -2.23. The molecule has 98 valence electrons. The number of aliphatic carboxylic acids is 1. The van der Waals surface area contributed by atoms with Crippen LogP contribution >= 0.6 is 0 Å². The Hall–Kier alpha value is -1.26. The van der Waals surface area contributed by atoms with Gasteiger partial charge in [0, 0.05) is 19.6 Å². The van der Waals surface area contributed by atoms with Crippen LogP contribution in [0.2, 0.25) is 0 Å². The van der Waals surface area contributed by atoms with Crippen LogP contribution in [0.3, 0.4) is 0 Å². The first-order valence-corrected chi connectivity index (χ1v) is 6.32. The summed E-state index contributed by atoms with van der Waals surface area (Å²) in [6, 6.07) is -0.138. The van der Waals surface area contributed by atoms with Crippen molar-refractivity contribution in [2.75, 3.05) is 19.6 Å². The average molecular weight is 242 g/mol. The van der Waals surface area contributed by atoms with Crippen LogP contribution in [0.15, 0.2) is 0 Å². The van der Waals surface area contributed by atoms with Crippen molar-refractivity contribution >= 4 is 12.0 Å². The van der Waals surface area contributed by atoms with Crippen molar-refractivity contribution in [1.82, 2.24) is 10.2 Å². The van der Waals surface area contributed by atoms with Crippen molar-refractivity contribution in [1.29, 1.82) is 0 Å². The van der Waals surface area contributed by atoms with Crippen LogP contribution in [0, 0.1) is 5.41 Å². The van der Waals surface area contributed by atoms with E-state index in [1.54, 1.807) is 4.90 Å². The fourth-order valence-electron chi connectivity index (χ4n) is 1.83. The summed E-state index contributed by atoms with van der Waals surface area (Å²) < 4.78 is 0. The Labute approximate surface area is 102 Å². The fraction of sp³-hybridized carbons (Fsp3) is 0.833. The van der Waals surface area contributed by atoms with Gasteiger partial charge in [0.25, 0.3) is 0 Å². The van der Waals surface area contributed by atoms with Gasteiger partial charge in [-0.3, -0.25) is 4.79 Å². The minimum atomic E-state index is -0.796. The Morgan fingerprint density at radius 1 is 1.24 bits per heavy atom. The number of carboxylic acids is 1. The highest BCUT2D eigenvalue weighted by molar-refractivity contribution is 5.80. The first-order valence-electron chi connectivity index (χ1n) is 6.32. The molecule has 5 heteroatoms. The van der Waals surface area contributed by atoms with Crippen LogP contribution in [0.4, 0.5) is 4.79 Å². The number of amides is 2. The maximum Gasteiger partial charge on any atom is 0.317 e. The number of nitrogens with one attached hydrogen (secondary N) is 1. The first-order chi connectivity index (χ1) is 8.05. The number of nitrogens with zero attached hydrogens (tertiary/aromatic N) is 1. The lowest BCUT2D eigenvalue weighted by atomic mass is 10.1. The molecule has 0 aromatic rings. The predicted molar refractivity (Wildman–Crippen MR) is 64.9 cm³/mol. The second-order valence-corrected chi connectivity index (χ2v) is 4.73. The van der Waals surface area contributed by atoms with Crippen LogP contribution in [0.5, 0.6) is 0 Å². The zero-order valence-corrected chi connectivity index (χ0v) is 10.7. The largest absolute Gasteiger partial charge is 0.481 e. The molecule has 0 aromatic carbocycles. The van der Waals surface area contributed by atoms with E-state index in [1.165, 1.54) is 0 Å². The van der Waals surface area contributed by atoms with Gasteiger partial charge in [0.05, 0.1) is 5.41 Å². The molecule has 1 saturated carbocycles. The predicted octanol–water partition coefficient (Wildman–Crippen LogP) is 1.68. The van der Waals surface area contributed by atoms with Gasteiger partial charge in [-0.15, -0.1) is 0 Å². The molecule has 0 aliphatic heterocycles. The minimum absolute atomic E-state index is 0.138. The van der Waals surface area contributed by atoms with Crippen molar-refractivity contribution < 1.29 is 14.7 Å². The maximum atomic E-state index is 11.8. The fourth-order valence-corrected chi connectivity index (χ4v) is 1.83. The summed E-state index contributed by atoms with van der Waals surface area (Å²) in [5, 5.41) is 11.7. The van der Waals surface area contributed by atoms with E-state index in [0.717, 1.165) is 25.9 Å². The van der Waals surface area contributed by atoms with Gasteiger partial charge in [-0.25, -0.2) is 4.79 Å². The summed E-state index contributed by atoms with van der Waals surface area (Å²) in [5.41, 5.74) is -0.681. The van der Waals surface area contributed by atoms with E-state index in [9.17, 15) is 9.59 Å². The van der Waals surface area contributed by atoms with E-state index in [-0.39, 0.29) is 12.6 Å². The summed E-state index contributed by atoms with van der Waals surface area (Å²) in [4.78, 5) is 24.5. The van der Waals surface area contributed by atoms with E-state index in [1.807, 2.05) is 13.8 Å². The van der Waals surface area contributed by atoms with E-state index in [0.29, 0.717) is 12.8 Å². The van der Waals surface area contributed by atoms with E-state index in [4.69, 9.17) is 5.11 Å². The third-order valence-corrected chi connectivity index (χ3v) is 3.16. The quantitative estimate of drug-likeness (QED) is 0.713. The third-order valence-electron chi connectivity index (χ3n) is 3.16. The number of hydrogen-bond acceptors (Lipinski definition) is 2. The monoisotopic (exact) mass is 242 g/mol. The highest BCUT2D eigenvalue weighted by Gasteiger charge is 2.50. The number of hydrogen-bond donors (Lipinski definition) is 2. The second kappa shape index (κ2) is 5.89. The molecule has 1 aliphatic carbocycles. The van der Waals surface area contributed by atoms with Gasteiger partial charge in [-0.1, -0.05) is 13.8 Å². The Kier molecular flexibility index (Phi) is 4.78. The lowest BCUT2D eigenvalue weighted by molar-refractivity contribution is -0.143. The molecule has 2 amide bonds. The molecule has 17 heavy (non-hydrogen) atoms. The number of rotatable bonds is 7. The van der Waals surface area contributed by atoms with Crippen LogP contribution in [-0.4, -0.2) is 41.6 Å². The summed E-state index contributed by atoms with van der Waals surface area (Å²) in [6.45, 7) is 5.75. The average Bonchev–Trinajstić information content (AvgIpc) is 3.07. The summed E-state index contributed by atoms with van der Waals surface area (Å²) in [7, 11) is 0. The van der Waals surface area contributed by atoms with Crippen LogP contribution in [0.1, 0.15) is 39.5 Å². The molecule has 0 bridgehead atoms. The number of carboxylic acid groups (broad SMARTS) is 1. The normalized spacial score (nSPS) is 16.4. The summed E-state index contributed by atoms with van der Waals surface area (Å²) >= 11 is 0. The van der Waals surface area contributed by atoms with Crippen LogP contribution in [-0.2, 0) is 4.79 Å². The Morgan fingerprint density at radius 2 is 1.76 bits per heavy atom. The van der Waals surface area contributed by atoms with Crippen molar-refractivity contribution in [3.63, 3.8) is 0 Å². The molecule has 0 spiro atoms. The number of urea groups is 1. The van der Waals surface area contributed by atoms with Gasteiger partial charge in [0.2, 0.25) is 0 Å². The lowest BCUT2D eigenvalue weighted by Crippen LogP contribution is -2.44. The van der Waals surface area contributed by atoms with Crippen molar-refractivity contribution in [2.24, 2.45) is 5.41 Å². The molecular weight excluding hydrogens is 220 g/mol. The summed E-state index contributed by atoms with van der Waals surface area (Å²) in [5.74, 6) is -0.796. The molecule has 0 heterocycles. The Bertz CT molecular complexity index is 281. The number of carbonyl (C=O) groups is 2. The van der Waals surface area contributed by atoms with Gasteiger partial charge < -0.3 is 15.3 Å². The van der Waals surface area contributed by atoms with Crippen LogP contribution < -0.4 is 5.32 Å². The zero-order chi connectivity index (χ0) is 12.9. The molecule has 0 atom stereocenters. The SMILES string of the molecule is CCCN(CCC)C(=O)NCC1(C(=O)O)CC1. The van der Waals surface area contributed by atoms with Gasteiger partial charge >= 0.3 is 12.0 Å². The van der Waals surface area contributed by atoms with E-state index in [2.05, 4.69) is 5.32 Å². The first kappa shape index (κ1) is 13.8. The second-order valence-electron chi connectivity index (χ2n) is 4.73. The molecule has 2 N–H and O–H groups in total. The minimum Gasteiger partial charge on any atom is -0.481 e. The molecule has 1 rings (SSSR count).